The second-order valence-corrected chi connectivity index (χ2v) is 4.89. The second-order valence-electron chi connectivity index (χ2n) is 4.89. The van der Waals surface area contributed by atoms with Gasteiger partial charge in [-0.3, -0.25) is 4.79 Å². The summed E-state index contributed by atoms with van der Waals surface area (Å²) in [5.74, 6) is 1.19. The van der Waals surface area contributed by atoms with Crippen LogP contribution in [0.4, 0.5) is 0 Å². The fraction of sp³-hybridized carbons (Fsp3) is 0.357. The van der Waals surface area contributed by atoms with Crippen molar-refractivity contribution in [2.45, 2.75) is 0 Å². The Morgan fingerprint density at radius 2 is 2.38 bits per heavy atom. The van der Waals surface area contributed by atoms with E-state index < -0.39 is 0 Å². The summed E-state index contributed by atoms with van der Waals surface area (Å²) in [5, 5.41) is 9.66. The van der Waals surface area contributed by atoms with Gasteiger partial charge in [0.2, 0.25) is 0 Å². The maximum Gasteiger partial charge on any atom is 0.292 e. The molecule has 1 fully saturated rings. The topological polar surface area (TPSA) is 89.3 Å². The van der Waals surface area contributed by atoms with Crippen molar-refractivity contribution >= 4 is 5.91 Å². The van der Waals surface area contributed by atoms with Gasteiger partial charge in [0, 0.05) is 31.1 Å². The zero-order valence-corrected chi connectivity index (χ0v) is 11.6. The molecule has 21 heavy (non-hydrogen) atoms. The van der Waals surface area contributed by atoms with E-state index in [4.69, 9.17) is 9.26 Å². The normalized spacial score (nSPS) is 14.5. The molecule has 2 N–H and O–H groups in total. The Morgan fingerprint density at radius 1 is 1.52 bits per heavy atom. The molecular weight excluding hydrogens is 272 g/mol. The molecule has 7 nitrogen and oxygen atoms in total. The van der Waals surface area contributed by atoms with Gasteiger partial charge in [0.1, 0.15) is 5.75 Å². The lowest BCUT2D eigenvalue weighted by atomic mass is 10.0. The molecule has 2 aromatic rings. The first kappa shape index (κ1) is 13.6. The Hall–Kier alpha value is -2.41. The van der Waals surface area contributed by atoms with Crippen LogP contribution in [0, 0.1) is 5.92 Å². The maximum atomic E-state index is 11.9. The first-order valence-corrected chi connectivity index (χ1v) is 6.73. The molecule has 0 aliphatic carbocycles. The molecule has 1 aliphatic rings. The van der Waals surface area contributed by atoms with E-state index in [1.165, 1.54) is 0 Å². The SMILES string of the molecule is COc1cccc(-c2nc(C(=O)NCC3CNC3)no2)c1. The highest BCUT2D eigenvalue weighted by molar-refractivity contribution is 5.90. The van der Waals surface area contributed by atoms with Gasteiger partial charge in [-0.2, -0.15) is 4.98 Å². The van der Waals surface area contributed by atoms with Crippen molar-refractivity contribution in [2.75, 3.05) is 26.7 Å². The van der Waals surface area contributed by atoms with E-state index in [1.54, 1.807) is 13.2 Å². The van der Waals surface area contributed by atoms with Crippen LogP contribution in [0.2, 0.25) is 0 Å². The number of nitrogens with zero attached hydrogens (tertiary/aromatic N) is 2. The minimum absolute atomic E-state index is 0.0418. The smallest absolute Gasteiger partial charge is 0.292 e. The van der Waals surface area contributed by atoms with Crippen LogP contribution in [0.25, 0.3) is 11.5 Å². The van der Waals surface area contributed by atoms with E-state index in [1.807, 2.05) is 18.2 Å². The molecule has 0 atom stereocenters. The van der Waals surface area contributed by atoms with Gasteiger partial charge in [-0.15, -0.1) is 0 Å². The zero-order chi connectivity index (χ0) is 14.7. The number of benzene rings is 1. The van der Waals surface area contributed by atoms with Gasteiger partial charge >= 0.3 is 0 Å². The molecule has 1 amide bonds. The fourth-order valence-electron chi connectivity index (χ4n) is 2.00. The highest BCUT2D eigenvalue weighted by Crippen LogP contribution is 2.22. The lowest BCUT2D eigenvalue weighted by Gasteiger charge is -2.26. The van der Waals surface area contributed by atoms with Crippen molar-refractivity contribution in [3.8, 4) is 17.2 Å². The van der Waals surface area contributed by atoms with Crippen molar-refractivity contribution in [3.63, 3.8) is 0 Å². The van der Waals surface area contributed by atoms with Crippen LogP contribution in [0.15, 0.2) is 28.8 Å². The second kappa shape index (κ2) is 5.92. The number of hydrogen-bond acceptors (Lipinski definition) is 6. The molecule has 0 unspecified atom stereocenters. The van der Waals surface area contributed by atoms with E-state index in [9.17, 15) is 4.79 Å². The highest BCUT2D eigenvalue weighted by Gasteiger charge is 2.20. The molecule has 1 aliphatic heterocycles. The van der Waals surface area contributed by atoms with E-state index in [0.717, 1.165) is 13.1 Å². The first-order chi connectivity index (χ1) is 10.3. The van der Waals surface area contributed by atoms with Crippen LogP contribution in [0.5, 0.6) is 5.75 Å². The van der Waals surface area contributed by atoms with Gasteiger partial charge in [0.25, 0.3) is 17.6 Å². The molecule has 1 aromatic heterocycles. The summed E-state index contributed by atoms with van der Waals surface area (Å²) in [6.45, 7) is 2.48. The fourth-order valence-corrected chi connectivity index (χ4v) is 2.00. The quantitative estimate of drug-likeness (QED) is 0.841. The summed E-state index contributed by atoms with van der Waals surface area (Å²) < 4.78 is 10.3. The number of methoxy groups -OCH3 is 1. The molecule has 0 spiro atoms. The van der Waals surface area contributed by atoms with E-state index in [-0.39, 0.29) is 11.7 Å². The van der Waals surface area contributed by atoms with Crippen LogP contribution in [0.3, 0.4) is 0 Å². The third-order valence-electron chi connectivity index (χ3n) is 3.36. The van der Waals surface area contributed by atoms with Gasteiger partial charge < -0.3 is 19.9 Å². The van der Waals surface area contributed by atoms with Crippen molar-refractivity contribution in [1.82, 2.24) is 20.8 Å². The number of rotatable bonds is 5. The maximum absolute atomic E-state index is 11.9. The van der Waals surface area contributed by atoms with Gasteiger partial charge in [-0.05, 0) is 18.2 Å². The number of aromatic nitrogens is 2. The number of carbonyl (C=O) groups excluding carboxylic acids is 1. The lowest BCUT2D eigenvalue weighted by molar-refractivity contribution is 0.0929. The Kier molecular flexibility index (Phi) is 3.83. The molecule has 110 valence electrons. The monoisotopic (exact) mass is 288 g/mol. The van der Waals surface area contributed by atoms with Crippen molar-refractivity contribution in [2.24, 2.45) is 5.92 Å². The Balaban J connectivity index is 1.68. The zero-order valence-electron chi connectivity index (χ0n) is 11.6. The van der Waals surface area contributed by atoms with Crippen LogP contribution >= 0.6 is 0 Å². The van der Waals surface area contributed by atoms with Crippen LogP contribution in [-0.2, 0) is 0 Å². The summed E-state index contributed by atoms with van der Waals surface area (Å²) in [7, 11) is 1.58. The molecule has 3 rings (SSSR count). The highest BCUT2D eigenvalue weighted by atomic mass is 16.5. The third-order valence-corrected chi connectivity index (χ3v) is 3.36. The predicted octanol–water partition coefficient (Wildman–Crippen LogP) is 0.694. The summed E-state index contributed by atoms with van der Waals surface area (Å²) in [4.78, 5) is 16.0. The number of hydrogen-bond donors (Lipinski definition) is 2. The molecule has 2 heterocycles. The minimum Gasteiger partial charge on any atom is -0.497 e. The van der Waals surface area contributed by atoms with Crippen LogP contribution in [-0.4, -0.2) is 42.8 Å². The van der Waals surface area contributed by atoms with E-state index >= 15 is 0 Å². The molecule has 1 aromatic carbocycles. The van der Waals surface area contributed by atoms with E-state index in [0.29, 0.717) is 29.7 Å². The summed E-state index contributed by atoms with van der Waals surface area (Å²) in [6, 6.07) is 7.23. The number of ether oxygens (including phenoxy) is 1. The van der Waals surface area contributed by atoms with Gasteiger partial charge in [-0.25, -0.2) is 0 Å². The standard InChI is InChI=1S/C14H16N4O3/c1-20-11-4-2-3-10(5-11)14-17-12(18-21-14)13(19)16-8-9-6-15-7-9/h2-5,9,15H,6-8H2,1H3,(H,16,19). The molecule has 7 heteroatoms. The lowest BCUT2D eigenvalue weighted by Crippen LogP contribution is -2.48. The van der Waals surface area contributed by atoms with Crippen molar-refractivity contribution in [3.05, 3.63) is 30.1 Å². The minimum atomic E-state index is -0.320. The largest absolute Gasteiger partial charge is 0.497 e. The summed E-state index contributed by atoms with van der Waals surface area (Å²) >= 11 is 0. The van der Waals surface area contributed by atoms with Gasteiger partial charge in [0.15, 0.2) is 0 Å². The molecule has 1 saturated heterocycles. The number of nitrogens with one attached hydrogen (secondary N) is 2. The number of carbonyl (C=O) groups is 1. The van der Waals surface area contributed by atoms with Gasteiger partial charge in [0.05, 0.1) is 7.11 Å². The average molecular weight is 288 g/mol. The average Bonchev–Trinajstić information content (AvgIpc) is 2.95. The van der Waals surface area contributed by atoms with Crippen molar-refractivity contribution in [1.29, 1.82) is 0 Å². The van der Waals surface area contributed by atoms with Crippen LogP contribution in [0.1, 0.15) is 10.6 Å². The predicted molar refractivity (Wildman–Crippen MR) is 75.0 cm³/mol. The van der Waals surface area contributed by atoms with E-state index in [2.05, 4.69) is 20.8 Å². The third kappa shape index (κ3) is 3.03. The molecule has 0 bridgehead atoms. The molecule has 0 saturated carbocycles. The number of amides is 1. The molecular formula is C14H16N4O3. The van der Waals surface area contributed by atoms with Crippen LogP contribution < -0.4 is 15.4 Å². The molecule has 0 radical (unpaired) electrons. The Labute approximate surface area is 121 Å². The Bertz CT molecular complexity index is 637. The Morgan fingerprint density at radius 3 is 3.10 bits per heavy atom. The summed E-state index contributed by atoms with van der Waals surface area (Å²) in [5.41, 5.74) is 0.712. The van der Waals surface area contributed by atoms with Crippen molar-refractivity contribution < 1.29 is 14.1 Å². The summed E-state index contributed by atoms with van der Waals surface area (Å²) in [6.07, 6.45) is 0. The van der Waals surface area contributed by atoms with Gasteiger partial charge in [-0.1, -0.05) is 11.2 Å². The first-order valence-electron chi connectivity index (χ1n) is 6.73.